The second kappa shape index (κ2) is 10.8. The van der Waals surface area contributed by atoms with Gasteiger partial charge in [0.1, 0.15) is 0 Å². The van der Waals surface area contributed by atoms with E-state index < -0.39 is 0 Å². The summed E-state index contributed by atoms with van der Waals surface area (Å²) in [6.45, 7) is 4.21. The normalized spacial score (nSPS) is 29.8. The standard InChI is InChI=1S/C15H10N.C12H22O2.Ir/c1-2-6-12(7-3-1)15-11-10-13-8-4-5-9-14(13)16-15;1-7-3-5-9-6-4-8(2)12(14)10(9)11(7)13;/h1-6,8-11H;7-14H,3-6H2,1-2H3;/q-1;;/t;7-,8+,9?,10?,11?,12?;. The molecule has 1 aromatic heterocycles. The summed E-state index contributed by atoms with van der Waals surface area (Å²) in [5, 5.41) is 21.4. The zero-order chi connectivity index (χ0) is 21.1. The summed E-state index contributed by atoms with van der Waals surface area (Å²) in [5.41, 5.74) is 3.03. The topological polar surface area (TPSA) is 53.4 Å². The second-order valence-corrected chi connectivity index (χ2v) is 9.09. The average molecular weight is 595 g/mol. The van der Waals surface area contributed by atoms with E-state index in [1.54, 1.807) is 0 Å². The first-order valence-electron chi connectivity index (χ1n) is 11.2. The van der Waals surface area contributed by atoms with Crippen LogP contribution in [-0.4, -0.2) is 27.4 Å². The molecular formula is C27H32IrNO2-. The van der Waals surface area contributed by atoms with E-state index in [9.17, 15) is 10.2 Å². The quantitative estimate of drug-likeness (QED) is 0.366. The molecule has 167 valence electrons. The van der Waals surface area contributed by atoms with Crippen LogP contribution in [0.5, 0.6) is 0 Å². The van der Waals surface area contributed by atoms with Crippen molar-refractivity contribution in [3.05, 3.63) is 66.7 Å². The molecule has 31 heavy (non-hydrogen) atoms. The van der Waals surface area contributed by atoms with Crippen molar-refractivity contribution >= 4 is 10.9 Å². The Bertz CT molecular complexity index is 941. The summed E-state index contributed by atoms with van der Waals surface area (Å²) in [6, 6.07) is 23.4. The molecule has 4 unspecified atom stereocenters. The number of fused-ring (bicyclic) bond motifs is 2. The summed E-state index contributed by atoms with van der Waals surface area (Å²) in [4.78, 5) is 4.61. The van der Waals surface area contributed by atoms with Crippen LogP contribution in [0.2, 0.25) is 0 Å². The zero-order valence-electron chi connectivity index (χ0n) is 18.2. The number of para-hydroxylation sites is 1. The van der Waals surface area contributed by atoms with Crippen LogP contribution in [0, 0.1) is 29.7 Å². The van der Waals surface area contributed by atoms with Crippen molar-refractivity contribution in [2.45, 2.75) is 51.7 Å². The van der Waals surface area contributed by atoms with Crippen LogP contribution >= 0.6 is 0 Å². The van der Waals surface area contributed by atoms with Gasteiger partial charge in [-0.05, 0) is 60.6 Å². The third-order valence-corrected chi connectivity index (χ3v) is 7.07. The van der Waals surface area contributed by atoms with Gasteiger partial charge in [-0.1, -0.05) is 44.2 Å². The van der Waals surface area contributed by atoms with Gasteiger partial charge < -0.3 is 10.2 Å². The Morgan fingerprint density at radius 1 is 0.806 bits per heavy atom. The third-order valence-electron chi connectivity index (χ3n) is 7.07. The third kappa shape index (κ3) is 5.43. The van der Waals surface area contributed by atoms with Crippen LogP contribution < -0.4 is 0 Å². The van der Waals surface area contributed by atoms with Crippen LogP contribution in [-0.2, 0) is 20.1 Å². The van der Waals surface area contributed by atoms with Crippen molar-refractivity contribution in [1.82, 2.24) is 4.98 Å². The summed E-state index contributed by atoms with van der Waals surface area (Å²) in [7, 11) is 0. The molecule has 2 aliphatic rings. The maximum atomic E-state index is 10.1. The number of nitrogens with zero attached hydrogens (tertiary/aromatic N) is 1. The number of rotatable bonds is 1. The second-order valence-electron chi connectivity index (χ2n) is 9.09. The molecular weight excluding hydrogens is 563 g/mol. The summed E-state index contributed by atoms with van der Waals surface area (Å²) < 4.78 is 0. The number of benzene rings is 2. The van der Waals surface area contributed by atoms with Crippen LogP contribution in [0.1, 0.15) is 39.5 Å². The number of aliphatic hydroxyl groups excluding tert-OH is 2. The molecule has 2 N–H and O–H groups in total. The van der Waals surface area contributed by atoms with Gasteiger partial charge in [0.25, 0.3) is 0 Å². The molecule has 6 atom stereocenters. The van der Waals surface area contributed by atoms with E-state index in [0.29, 0.717) is 17.8 Å². The molecule has 3 nitrogen and oxygen atoms in total. The van der Waals surface area contributed by atoms with Gasteiger partial charge in [0, 0.05) is 26.0 Å². The Kier molecular flexibility index (Phi) is 8.41. The van der Waals surface area contributed by atoms with E-state index in [0.717, 1.165) is 29.6 Å². The van der Waals surface area contributed by atoms with Gasteiger partial charge in [-0.3, -0.25) is 4.98 Å². The number of hydrogen-bond donors (Lipinski definition) is 2. The SMILES string of the molecule is C[C@@H]1CCC2CC[C@H](C)C(O)C2C1O.[Ir].[c-]1ccccc1-c1ccc2ccccc2n1. The zero-order valence-corrected chi connectivity index (χ0v) is 20.6. The monoisotopic (exact) mass is 595 g/mol. The van der Waals surface area contributed by atoms with Gasteiger partial charge in [0.2, 0.25) is 0 Å². The van der Waals surface area contributed by atoms with Crippen molar-refractivity contribution in [2.24, 2.45) is 23.7 Å². The molecule has 0 aliphatic heterocycles. The Balaban J connectivity index is 0.000000172. The van der Waals surface area contributed by atoms with Gasteiger partial charge in [-0.15, -0.1) is 35.9 Å². The molecule has 1 radical (unpaired) electrons. The summed E-state index contributed by atoms with van der Waals surface area (Å²) in [6.07, 6.45) is 4.12. The minimum atomic E-state index is -0.272. The first-order valence-corrected chi connectivity index (χ1v) is 11.2. The van der Waals surface area contributed by atoms with Crippen molar-refractivity contribution in [3.8, 4) is 11.3 Å². The molecule has 0 spiro atoms. The van der Waals surface area contributed by atoms with Crippen LogP contribution in [0.4, 0.5) is 0 Å². The molecule has 2 fully saturated rings. The largest absolute Gasteiger partial charge is 0.392 e. The van der Waals surface area contributed by atoms with E-state index in [1.807, 2.05) is 48.5 Å². The first-order chi connectivity index (χ1) is 14.5. The Labute approximate surface area is 199 Å². The molecule has 5 rings (SSSR count). The van der Waals surface area contributed by atoms with Gasteiger partial charge in [-0.2, -0.15) is 0 Å². The predicted octanol–water partition coefficient (Wildman–Crippen LogP) is 5.50. The molecule has 2 saturated carbocycles. The Hall–Kier alpha value is -1.58. The number of hydrogen-bond acceptors (Lipinski definition) is 3. The first kappa shape index (κ1) is 24.1. The fourth-order valence-corrected chi connectivity index (χ4v) is 5.11. The van der Waals surface area contributed by atoms with Crippen molar-refractivity contribution in [1.29, 1.82) is 0 Å². The number of pyridine rings is 1. The van der Waals surface area contributed by atoms with Gasteiger partial charge in [0.05, 0.1) is 17.7 Å². The Morgan fingerprint density at radius 3 is 2.10 bits per heavy atom. The van der Waals surface area contributed by atoms with Crippen molar-refractivity contribution in [2.75, 3.05) is 0 Å². The summed E-state index contributed by atoms with van der Waals surface area (Å²) in [5.74, 6) is 1.47. The Morgan fingerprint density at radius 2 is 1.45 bits per heavy atom. The van der Waals surface area contributed by atoms with Crippen LogP contribution in [0.25, 0.3) is 22.2 Å². The van der Waals surface area contributed by atoms with Crippen LogP contribution in [0.3, 0.4) is 0 Å². The van der Waals surface area contributed by atoms with E-state index in [1.165, 1.54) is 18.2 Å². The molecule has 3 aromatic rings. The number of aromatic nitrogens is 1. The molecule has 4 heteroatoms. The maximum absolute atomic E-state index is 10.1. The molecule has 0 bridgehead atoms. The van der Waals surface area contributed by atoms with E-state index in [4.69, 9.17) is 0 Å². The minimum Gasteiger partial charge on any atom is -0.392 e. The fraction of sp³-hybridized carbons (Fsp3) is 0.444. The van der Waals surface area contributed by atoms with Gasteiger partial charge in [-0.25, -0.2) is 0 Å². The predicted molar refractivity (Wildman–Crippen MR) is 122 cm³/mol. The molecule has 0 saturated heterocycles. The van der Waals surface area contributed by atoms with Crippen molar-refractivity contribution in [3.63, 3.8) is 0 Å². The fourth-order valence-electron chi connectivity index (χ4n) is 5.11. The van der Waals surface area contributed by atoms with Gasteiger partial charge >= 0.3 is 0 Å². The van der Waals surface area contributed by atoms with E-state index in [2.05, 4.69) is 37.0 Å². The minimum absolute atomic E-state index is 0. The average Bonchev–Trinajstić information content (AvgIpc) is 2.79. The molecule has 0 amide bonds. The molecule has 1 heterocycles. The molecule has 2 aromatic carbocycles. The molecule has 2 aliphatic carbocycles. The smallest absolute Gasteiger partial charge is 0.0621 e. The van der Waals surface area contributed by atoms with E-state index in [-0.39, 0.29) is 38.2 Å². The summed E-state index contributed by atoms with van der Waals surface area (Å²) >= 11 is 0. The van der Waals surface area contributed by atoms with E-state index >= 15 is 0 Å². The van der Waals surface area contributed by atoms with Gasteiger partial charge in [0.15, 0.2) is 0 Å². The van der Waals surface area contributed by atoms with Crippen LogP contribution in [0.15, 0.2) is 60.7 Å². The maximum Gasteiger partial charge on any atom is 0.0621 e. The number of aliphatic hydroxyl groups is 2. The van der Waals surface area contributed by atoms with Crippen molar-refractivity contribution < 1.29 is 30.3 Å².